The summed E-state index contributed by atoms with van der Waals surface area (Å²) in [6.45, 7) is 12.5. The summed E-state index contributed by atoms with van der Waals surface area (Å²) in [7, 11) is 1.60. The summed E-state index contributed by atoms with van der Waals surface area (Å²) in [4.78, 5) is 36.0. The Kier molecular flexibility index (Phi) is 8.64. The SMILES string of the molecule is CNC(=O)c1cccc(-c2ccc(O[C@H]3O[C@](C)(C(C)C)[C@@H](C)[C@H](OC(C)=O)[C@@H]3OC(C)=O)c(C)c2)c1. The number of nitrogens with one attached hydrogen (secondary N) is 1. The second-order valence-corrected chi connectivity index (χ2v) is 10.0. The summed E-state index contributed by atoms with van der Waals surface area (Å²) >= 11 is 0. The first-order valence-electron chi connectivity index (χ1n) is 12.5. The van der Waals surface area contributed by atoms with Crippen LogP contribution in [0, 0.1) is 18.8 Å². The van der Waals surface area contributed by atoms with Crippen molar-refractivity contribution in [1.82, 2.24) is 5.32 Å². The normalized spacial score (nSPS) is 25.3. The maximum absolute atomic E-state index is 12.1. The van der Waals surface area contributed by atoms with Crippen LogP contribution in [0.5, 0.6) is 5.75 Å². The molecule has 0 radical (unpaired) electrons. The number of hydrogen-bond donors (Lipinski definition) is 1. The van der Waals surface area contributed by atoms with Crippen molar-refractivity contribution >= 4 is 17.8 Å². The molecule has 0 aliphatic carbocycles. The highest BCUT2D eigenvalue weighted by molar-refractivity contribution is 5.95. The Bertz CT molecular complexity index is 1160. The van der Waals surface area contributed by atoms with Crippen LogP contribution in [0.4, 0.5) is 0 Å². The van der Waals surface area contributed by atoms with Crippen molar-refractivity contribution in [2.24, 2.45) is 11.8 Å². The maximum Gasteiger partial charge on any atom is 0.303 e. The fraction of sp³-hybridized carbons (Fsp3) is 0.483. The molecule has 2 aromatic rings. The molecule has 2 aromatic carbocycles. The molecule has 200 valence electrons. The molecule has 0 spiro atoms. The van der Waals surface area contributed by atoms with E-state index in [-0.39, 0.29) is 17.7 Å². The number of ether oxygens (including phenoxy) is 4. The molecule has 1 N–H and O–H groups in total. The lowest BCUT2D eigenvalue weighted by atomic mass is 9.74. The maximum atomic E-state index is 12.1. The molecule has 1 aliphatic heterocycles. The number of carbonyl (C=O) groups excluding carboxylic acids is 3. The molecular formula is C29H37NO7. The third-order valence-electron chi connectivity index (χ3n) is 7.21. The van der Waals surface area contributed by atoms with Crippen molar-refractivity contribution in [2.75, 3.05) is 7.05 Å². The Morgan fingerprint density at radius 2 is 1.59 bits per heavy atom. The zero-order chi connectivity index (χ0) is 27.5. The second kappa shape index (κ2) is 11.3. The van der Waals surface area contributed by atoms with Gasteiger partial charge in [-0.2, -0.15) is 0 Å². The highest BCUT2D eigenvalue weighted by Crippen LogP contribution is 2.43. The van der Waals surface area contributed by atoms with Crippen LogP contribution in [-0.4, -0.2) is 49.0 Å². The summed E-state index contributed by atoms with van der Waals surface area (Å²) in [5.74, 6) is -0.828. The van der Waals surface area contributed by atoms with E-state index in [2.05, 4.69) is 5.32 Å². The van der Waals surface area contributed by atoms with Gasteiger partial charge in [0.25, 0.3) is 5.91 Å². The molecule has 0 bridgehead atoms. The molecule has 1 fully saturated rings. The summed E-state index contributed by atoms with van der Waals surface area (Å²) in [5.41, 5.74) is 2.47. The van der Waals surface area contributed by atoms with E-state index < -0.39 is 36.0 Å². The number of aryl methyl sites for hydroxylation is 1. The highest BCUT2D eigenvalue weighted by atomic mass is 16.7. The molecule has 1 heterocycles. The lowest BCUT2D eigenvalue weighted by Gasteiger charge is -2.51. The Balaban J connectivity index is 1.96. The van der Waals surface area contributed by atoms with Crippen LogP contribution in [0.2, 0.25) is 0 Å². The molecule has 0 aromatic heterocycles. The van der Waals surface area contributed by atoms with E-state index in [1.165, 1.54) is 13.8 Å². The van der Waals surface area contributed by atoms with Gasteiger partial charge in [0.1, 0.15) is 5.75 Å². The van der Waals surface area contributed by atoms with Gasteiger partial charge < -0.3 is 24.3 Å². The molecule has 1 amide bonds. The van der Waals surface area contributed by atoms with Crippen molar-refractivity contribution in [2.45, 2.75) is 72.6 Å². The van der Waals surface area contributed by atoms with Gasteiger partial charge in [-0.15, -0.1) is 0 Å². The minimum absolute atomic E-state index is 0.0565. The average molecular weight is 512 g/mol. The van der Waals surface area contributed by atoms with Crippen molar-refractivity contribution in [1.29, 1.82) is 0 Å². The Labute approximate surface area is 218 Å². The predicted molar refractivity (Wildman–Crippen MR) is 139 cm³/mol. The van der Waals surface area contributed by atoms with Crippen molar-refractivity contribution < 1.29 is 33.3 Å². The zero-order valence-electron chi connectivity index (χ0n) is 22.8. The number of amides is 1. The molecule has 1 aliphatic rings. The summed E-state index contributed by atoms with van der Waals surface area (Å²) in [6, 6.07) is 13.0. The number of benzene rings is 2. The third kappa shape index (κ3) is 6.13. The van der Waals surface area contributed by atoms with Gasteiger partial charge in [0.05, 0.1) is 5.60 Å². The van der Waals surface area contributed by atoms with E-state index in [1.54, 1.807) is 13.1 Å². The van der Waals surface area contributed by atoms with E-state index in [0.29, 0.717) is 11.3 Å². The van der Waals surface area contributed by atoms with Crippen LogP contribution in [0.25, 0.3) is 11.1 Å². The smallest absolute Gasteiger partial charge is 0.303 e. The van der Waals surface area contributed by atoms with Crippen LogP contribution < -0.4 is 10.1 Å². The minimum atomic E-state index is -1.00. The zero-order valence-corrected chi connectivity index (χ0v) is 22.8. The molecule has 8 nitrogen and oxygen atoms in total. The highest BCUT2D eigenvalue weighted by Gasteiger charge is 2.55. The Morgan fingerprint density at radius 3 is 2.16 bits per heavy atom. The summed E-state index contributed by atoms with van der Waals surface area (Å²) in [5, 5.41) is 2.64. The van der Waals surface area contributed by atoms with E-state index in [4.69, 9.17) is 18.9 Å². The summed E-state index contributed by atoms with van der Waals surface area (Å²) < 4.78 is 24.1. The largest absolute Gasteiger partial charge is 0.460 e. The van der Waals surface area contributed by atoms with Crippen molar-refractivity contribution in [3.63, 3.8) is 0 Å². The molecule has 5 atom stereocenters. The number of carbonyl (C=O) groups is 3. The van der Waals surface area contributed by atoms with Gasteiger partial charge in [0, 0.05) is 32.4 Å². The standard InChI is InChI=1S/C29H37NO7/c1-16(2)29(7)18(4)25(34-19(5)31)26(35-20(6)32)28(37-29)36-24-13-12-22(14-17(24)3)21-10-9-11-23(15-21)27(33)30-8/h9-16,18,25-26,28H,1-8H3,(H,30,33)/t18-,25-,26-,28-,29+/m0/s1. The Hall–Kier alpha value is -3.39. The van der Waals surface area contributed by atoms with Crippen LogP contribution in [-0.2, 0) is 23.8 Å². The summed E-state index contributed by atoms with van der Waals surface area (Å²) in [6.07, 6.45) is -2.70. The fourth-order valence-corrected chi connectivity index (χ4v) is 4.69. The predicted octanol–water partition coefficient (Wildman–Crippen LogP) is 4.67. The van der Waals surface area contributed by atoms with E-state index >= 15 is 0 Å². The quantitative estimate of drug-likeness (QED) is 0.539. The third-order valence-corrected chi connectivity index (χ3v) is 7.21. The average Bonchev–Trinajstić information content (AvgIpc) is 2.84. The van der Waals surface area contributed by atoms with Gasteiger partial charge in [-0.25, -0.2) is 0 Å². The van der Waals surface area contributed by atoms with Crippen LogP contribution in [0.1, 0.15) is 57.5 Å². The number of hydrogen-bond acceptors (Lipinski definition) is 7. The van der Waals surface area contributed by atoms with Gasteiger partial charge in [-0.1, -0.05) is 39.0 Å². The molecule has 37 heavy (non-hydrogen) atoms. The van der Waals surface area contributed by atoms with Crippen molar-refractivity contribution in [3.8, 4) is 16.9 Å². The Morgan fingerprint density at radius 1 is 0.973 bits per heavy atom. The number of rotatable bonds is 7. The van der Waals surface area contributed by atoms with E-state index in [1.807, 2.05) is 71.0 Å². The first kappa shape index (κ1) is 28.2. The van der Waals surface area contributed by atoms with Gasteiger partial charge in [-0.3, -0.25) is 14.4 Å². The first-order chi connectivity index (χ1) is 17.4. The lowest BCUT2D eigenvalue weighted by Crippen LogP contribution is -2.64. The molecule has 1 saturated heterocycles. The van der Waals surface area contributed by atoms with Gasteiger partial charge >= 0.3 is 11.9 Å². The minimum Gasteiger partial charge on any atom is -0.460 e. The van der Waals surface area contributed by atoms with Crippen LogP contribution >= 0.6 is 0 Å². The molecular weight excluding hydrogens is 474 g/mol. The molecule has 0 saturated carbocycles. The second-order valence-electron chi connectivity index (χ2n) is 10.0. The van der Waals surface area contributed by atoms with Crippen LogP contribution in [0.3, 0.4) is 0 Å². The van der Waals surface area contributed by atoms with Gasteiger partial charge in [0.15, 0.2) is 6.10 Å². The van der Waals surface area contributed by atoms with E-state index in [9.17, 15) is 14.4 Å². The topological polar surface area (TPSA) is 100 Å². The lowest BCUT2D eigenvalue weighted by molar-refractivity contribution is -0.306. The van der Waals surface area contributed by atoms with Gasteiger partial charge in [0.2, 0.25) is 12.4 Å². The van der Waals surface area contributed by atoms with Gasteiger partial charge in [-0.05, 0) is 60.7 Å². The van der Waals surface area contributed by atoms with Crippen LogP contribution in [0.15, 0.2) is 42.5 Å². The molecule has 3 rings (SSSR count). The van der Waals surface area contributed by atoms with E-state index in [0.717, 1.165) is 16.7 Å². The number of esters is 2. The first-order valence-corrected chi connectivity index (χ1v) is 12.5. The fourth-order valence-electron chi connectivity index (χ4n) is 4.69. The molecule has 8 heteroatoms. The monoisotopic (exact) mass is 511 g/mol. The van der Waals surface area contributed by atoms with Crippen molar-refractivity contribution in [3.05, 3.63) is 53.6 Å². The molecule has 0 unspecified atom stereocenters.